The minimum atomic E-state index is -0.0624. The van der Waals surface area contributed by atoms with E-state index < -0.39 is 0 Å². The summed E-state index contributed by atoms with van der Waals surface area (Å²) in [5.74, 6) is 0.826. The fourth-order valence-electron chi connectivity index (χ4n) is 4.31. The maximum atomic E-state index is 12.4. The van der Waals surface area contributed by atoms with Crippen LogP contribution in [0.3, 0.4) is 0 Å². The molecule has 0 bridgehead atoms. The second-order valence-corrected chi connectivity index (χ2v) is 7.76. The molecule has 1 N–H and O–H groups in total. The number of amides is 2. The second-order valence-electron chi connectivity index (χ2n) is 7.76. The highest BCUT2D eigenvalue weighted by Crippen LogP contribution is 2.27. The molecule has 5 rings (SSSR count). The Kier molecular flexibility index (Phi) is 4.58. The summed E-state index contributed by atoms with van der Waals surface area (Å²) in [6.45, 7) is 6.85. The molecule has 0 saturated carbocycles. The number of rotatable bonds is 4. The maximum absolute atomic E-state index is 12.4. The van der Waals surface area contributed by atoms with Gasteiger partial charge in [0.1, 0.15) is 5.84 Å². The Hall–Kier alpha value is -2.70. The van der Waals surface area contributed by atoms with Crippen LogP contribution in [-0.4, -0.2) is 71.9 Å². The van der Waals surface area contributed by atoms with E-state index in [1.54, 1.807) is 4.90 Å². The fraction of sp³-hybridized carbons (Fsp3) is 0.364. The van der Waals surface area contributed by atoms with Gasteiger partial charge in [-0.25, -0.2) is 4.79 Å². The monoisotopic (exact) mass is 375 g/mol. The molecule has 0 aromatic heterocycles. The van der Waals surface area contributed by atoms with Crippen LogP contribution in [0.2, 0.25) is 0 Å². The quantitative estimate of drug-likeness (QED) is 0.893. The first-order valence-electron chi connectivity index (χ1n) is 10.0. The number of para-hydroxylation sites is 1. The predicted molar refractivity (Wildman–Crippen MR) is 111 cm³/mol. The van der Waals surface area contributed by atoms with Gasteiger partial charge in [-0.15, -0.1) is 0 Å². The summed E-state index contributed by atoms with van der Waals surface area (Å²) in [5, 5.41) is 2.97. The van der Waals surface area contributed by atoms with Crippen LogP contribution in [0.25, 0.3) is 0 Å². The molecule has 6 heteroatoms. The van der Waals surface area contributed by atoms with Gasteiger partial charge < -0.3 is 5.32 Å². The molecule has 0 aliphatic carbocycles. The summed E-state index contributed by atoms with van der Waals surface area (Å²) in [6.07, 6.45) is 0. The summed E-state index contributed by atoms with van der Waals surface area (Å²) in [7, 11) is 0. The van der Waals surface area contributed by atoms with Crippen molar-refractivity contribution in [3.8, 4) is 0 Å². The fourth-order valence-corrected chi connectivity index (χ4v) is 4.31. The number of carbonyl (C=O) groups is 1. The molecular formula is C22H25N5O. The highest BCUT2D eigenvalue weighted by Gasteiger charge is 2.36. The second kappa shape index (κ2) is 7.37. The summed E-state index contributed by atoms with van der Waals surface area (Å²) in [5.41, 5.74) is 3.26. The normalized spacial score (nSPS) is 22.4. The zero-order valence-corrected chi connectivity index (χ0v) is 15.9. The largest absolute Gasteiger partial charge is 0.327 e. The van der Waals surface area contributed by atoms with Gasteiger partial charge in [-0.2, -0.15) is 0 Å². The zero-order chi connectivity index (χ0) is 18.9. The lowest BCUT2D eigenvalue weighted by atomic mass is 10.1. The van der Waals surface area contributed by atoms with Crippen molar-refractivity contribution in [3.05, 3.63) is 65.7 Å². The molecule has 1 fully saturated rings. The zero-order valence-electron chi connectivity index (χ0n) is 15.9. The average Bonchev–Trinajstić information content (AvgIpc) is 3.15. The van der Waals surface area contributed by atoms with Gasteiger partial charge in [0.05, 0.1) is 18.3 Å². The van der Waals surface area contributed by atoms with Gasteiger partial charge in [0.15, 0.2) is 0 Å². The van der Waals surface area contributed by atoms with Crippen LogP contribution in [0.15, 0.2) is 59.6 Å². The number of aliphatic imine (C=N–C) groups is 1. The molecule has 1 saturated heterocycles. The summed E-state index contributed by atoms with van der Waals surface area (Å²) >= 11 is 0. The van der Waals surface area contributed by atoms with E-state index in [1.807, 2.05) is 24.3 Å². The van der Waals surface area contributed by atoms with E-state index in [1.165, 1.54) is 5.56 Å². The van der Waals surface area contributed by atoms with Crippen molar-refractivity contribution < 1.29 is 4.79 Å². The molecule has 3 aliphatic heterocycles. The van der Waals surface area contributed by atoms with Crippen LogP contribution >= 0.6 is 0 Å². The van der Waals surface area contributed by atoms with E-state index in [2.05, 4.69) is 45.4 Å². The topological polar surface area (TPSA) is 51.2 Å². The molecule has 0 radical (unpaired) electrons. The van der Waals surface area contributed by atoms with Gasteiger partial charge in [-0.05, 0) is 17.7 Å². The first-order valence-corrected chi connectivity index (χ1v) is 10.0. The first-order chi connectivity index (χ1) is 13.8. The van der Waals surface area contributed by atoms with Crippen molar-refractivity contribution in [1.29, 1.82) is 0 Å². The number of hydrogen-bond donors (Lipinski definition) is 1. The molecule has 3 aliphatic rings. The van der Waals surface area contributed by atoms with E-state index in [0.717, 1.165) is 56.4 Å². The third kappa shape index (κ3) is 3.41. The standard InChI is InChI=1S/C22H25N5O/c28-22-24-20-9-5-4-8-19(20)21-23-18(16-27(21)22)15-26-12-10-25(11-13-26)14-17-6-2-1-3-7-17/h1-9,18H,10-16H2,(H,24,28). The van der Waals surface area contributed by atoms with Crippen molar-refractivity contribution in [1.82, 2.24) is 14.7 Å². The van der Waals surface area contributed by atoms with Gasteiger partial charge in [-0.1, -0.05) is 42.5 Å². The molecule has 1 unspecified atom stereocenters. The van der Waals surface area contributed by atoms with Crippen molar-refractivity contribution in [2.24, 2.45) is 4.99 Å². The van der Waals surface area contributed by atoms with Gasteiger partial charge in [-0.3, -0.25) is 19.7 Å². The van der Waals surface area contributed by atoms with Crippen molar-refractivity contribution >= 4 is 17.6 Å². The van der Waals surface area contributed by atoms with Crippen LogP contribution in [0.1, 0.15) is 11.1 Å². The van der Waals surface area contributed by atoms with Crippen LogP contribution < -0.4 is 5.32 Å². The first kappa shape index (κ1) is 17.4. The van der Waals surface area contributed by atoms with Crippen LogP contribution in [0.4, 0.5) is 10.5 Å². The third-order valence-corrected chi connectivity index (χ3v) is 5.79. The number of fused-ring (bicyclic) bond motifs is 3. The molecule has 2 amide bonds. The van der Waals surface area contributed by atoms with E-state index in [4.69, 9.17) is 4.99 Å². The van der Waals surface area contributed by atoms with E-state index in [-0.39, 0.29) is 12.1 Å². The molecular weight excluding hydrogens is 350 g/mol. The van der Waals surface area contributed by atoms with E-state index in [0.29, 0.717) is 6.54 Å². The van der Waals surface area contributed by atoms with Gasteiger partial charge in [0.2, 0.25) is 0 Å². The highest BCUT2D eigenvalue weighted by atomic mass is 16.2. The summed E-state index contributed by atoms with van der Waals surface area (Å²) in [6, 6.07) is 18.7. The Bertz CT molecular complexity index is 889. The van der Waals surface area contributed by atoms with Gasteiger partial charge in [0, 0.05) is 44.8 Å². The Morgan fingerprint density at radius 3 is 2.46 bits per heavy atom. The van der Waals surface area contributed by atoms with Crippen molar-refractivity contribution in [2.45, 2.75) is 12.6 Å². The lowest BCUT2D eigenvalue weighted by Gasteiger charge is -2.35. The van der Waals surface area contributed by atoms with E-state index in [9.17, 15) is 4.79 Å². The molecule has 2 aromatic rings. The average molecular weight is 375 g/mol. The summed E-state index contributed by atoms with van der Waals surface area (Å²) < 4.78 is 0. The lowest BCUT2D eigenvalue weighted by molar-refractivity contribution is 0.122. The molecule has 3 heterocycles. The van der Waals surface area contributed by atoms with Gasteiger partial charge >= 0.3 is 6.03 Å². The molecule has 28 heavy (non-hydrogen) atoms. The maximum Gasteiger partial charge on any atom is 0.327 e. The lowest BCUT2D eigenvalue weighted by Crippen LogP contribution is -2.49. The molecule has 144 valence electrons. The van der Waals surface area contributed by atoms with Crippen LogP contribution in [0, 0.1) is 0 Å². The number of urea groups is 1. The predicted octanol–water partition coefficient (Wildman–Crippen LogP) is 2.48. The smallest absolute Gasteiger partial charge is 0.307 e. The number of hydrogen-bond acceptors (Lipinski definition) is 4. The van der Waals surface area contributed by atoms with Crippen molar-refractivity contribution in [3.63, 3.8) is 0 Å². The molecule has 6 nitrogen and oxygen atoms in total. The summed E-state index contributed by atoms with van der Waals surface area (Å²) in [4.78, 5) is 24.1. The number of nitrogens with one attached hydrogen (secondary N) is 1. The van der Waals surface area contributed by atoms with Crippen molar-refractivity contribution in [2.75, 3.05) is 44.6 Å². The Morgan fingerprint density at radius 1 is 0.929 bits per heavy atom. The van der Waals surface area contributed by atoms with E-state index >= 15 is 0 Å². The number of benzene rings is 2. The number of anilines is 1. The molecule has 1 atom stereocenters. The Balaban J connectivity index is 1.20. The minimum absolute atomic E-state index is 0.0624. The SMILES string of the molecule is O=C1Nc2ccccc2C2=NC(CN3CCN(Cc4ccccc4)CC3)CN12. The number of amidine groups is 1. The van der Waals surface area contributed by atoms with Crippen LogP contribution in [0.5, 0.6) is 0 Å². The number of nitrogens with zero attached hydrogens (tertiary/aromatic N) is 4. The number of piperazine rings is 1. The van der Waals surface area contributed by atoms with Gasteiger partial charge in [0.25, 0.3) is 0 Å². The Morgan fingerprint density at radius 2 is 1.64 bits per heavy atom. The van der Waals surface area contributed by atoms with Crippen LogP contribution in [-0.2, 0) is 6.54 Å². The highest BCUT2D eigenvalue weighted by molar-refractivity contribution is 6.19. The number of carbonyl (C=O) groups excluding carboxylic acids is 1. The Labute approximate surface area is 165 Å². The molecule has 0 spiro atoms. The minimum Gasteiger partial charge on any atom is -0.307 e. The molecule has 2 aromatic carbocycles. The third-order valence-electron chi connectivity index (χ3n) is 5.79.